The number of likely N-dealkylation sites (tertiary alicyclic amines) is 1. The van der Waals surface area contributed by atoms with Crippen molar-refractivity contribution in [2.45, 2.75) is 58.0 Å². The van der Waals surface area contributed by atoms with Crippen LogP contribution < -0.4 is 5.56 Å². The van der Waals surface area contributed by atoms with Crippen molar-refractivity contribution < 1.29 is 18.4 Å². The second-order valence-electron chi connectivity index (χ2n) is 9.94. The van der Waals surface area contributed by atoms with Crippen LogP contribution in [0.4, 0.5) is 9.18 Å². The van der Waals surface area contributed by atoms with Crippen molar-refractivity contribution >= 4 is 11.7 Å². The molecule has 1 saturated heterocycles. The summed E-state index contributed by atoms with van der Waals surface area (Å²) in [5, 5.41) is 8.53. The van der Waals surface area contributed by atoms with Crippen LogP contribution in [0.5, 0.6) is 0 Å². The van der Waals surface area contributed by atoms with Gasteiger partial charge in [0.25, 0.3) is 11.4 Å². The third-order valence-electron chi connectivity index (χ3n) is 6.89. The predicted octanol–water partition coefficient (Wildman–Crippen LogP) is 4.31. The monoisotopic (exact) mass is 508 g/mol. The molecule has 0 bridgehead atoms. The first-order chi connectivity index (χ1) is 17.7. The summed E-state index contributed by atoms with van der Waals surface area (Å²) in [4.78, 5) is 34.2. The molecular formula is C26H29FN6O4. The Hall–Kier alpha value is -4.02. The number of nitrogens with zero attached hydrogens (tertiary/aromatic N) is 5. The van der Waals surface area contributed by atoms with E-state index >= 15 is 0 Å². The number of aromatic nitrogens is 5. The van der Waals surface area contributed by atoms with E-state index in [4.69, 9.17) is 9.26 Å². The van der Waals surface area contributed by atoms with Gasteiger partial charge in [-0.05, 0) is 50.8 Å². The molecule has 0 atom stereocenters. The molecule has 4 heterocycles. The fourth-order valence-electron chi connectivity index (χ4n) is 4.41. The first-order valence-electron chi connectivity index (χ1n) is 12.4. The Morgan fingerprint density at radius 3 is 2.68 bits per heavy atom. The Bertz CT molecular complexity index is 1460. The van der Waals surface area contributed by atoms with E-state index in [-0.39, 0.29) is 29.3 Å². The van der Waals surface area contributed by atoms with Gasteiger partial charge >= 0.3 is 6.09 Å². The molecular weight excluding hydrogens is 479 g/mol. The highest BCUT2D eigenvalue weighted by Crippen LogP contribution is 2.30. The van der Waals surface area contributed by atoms with Crippen LogP contribution >= 0.6 is 0 Å². The lowest BCUT2D eigenvalue weighted by Gasteiger charge is -2.34. The number of nitrogens with one attached hydrogen (secondary N) is 1. The molecule has 1 N–H and O–H groups in total. The second-order valence-corrected chi connectivity index (χ2v) is 9.94. The highest BCUT2D eigenvalue weighted by Gasteiger charge is 2.30. The normalized spacial score (nSPS) is 14.9. The van der Waals surface area contributed by atoms with Crippen molar-refractivity contribution in [3.8, 4) is 11.5 Å². The van der Waals surface area contributed by atoms with E-state index in [9.17, 15) is 14.0 Å². The Morgan fingerprint density at radius 1 is 1.24 bits per heavy atom. The molecule has 0 saturated carbocycles. The molecule has 11 heteroatoms. The zero-order chi connectivity index (χ0) is 26.2. The SMILES string of the molecule is CCC(C)(C)OC(=O)N1CCC(c2cc(=O)[nH]c3c(-c4nc(Cc5ccc(F)cc5)no4)cnn23)CC1. The molecule has 1 aliphatic heterocycles. The van der Waals surface area contributed by atoms with Gasteiger partial charge in [-0.3, -0.25) is 4.79 Å². The van der Waals surface area contributed by atoms with Crippen molar-refractivity contribution in [1.29, 1.82) is 0 Å². The van der Waals surface area contributed by atoms with E-state index in [2.05, 4.69) is 20.2 Å². The number of rotatable bonds is 6. The molecule has 3 aromatic heterocycles. The van der Waals surface area contributed by atoms with E-state index in [1.54, 1.807) is 33.8 Å². The Labute approximate surface area is 212 Å². The highest BCUT2D eigenvalue weighted by molar-refractivity contribution is 5.71. The lowest BCUT2D eigenvalue weighted by Crippen LogP contribution is -2.42. The van der Waals surface area contributed by atoms with Gasteiger partial charge in [0.05, 0.1) is 11.9 Å². The molecule has 1 fully saturated rings. The third kappa shape index (κ3) is 5.25. The second kappa shape index (κ2) is 9.79. The fourth-order valence-corrected chi connectivity index (χ4v) is 4.41. The summed E-state index contributed by atoms with van der Waals surface area (Å²) in [6.45, 7) is 6.84. The van der Waals surface area contributed by atoms with E-state index in [1.165, 1.54) is 12.1 Å². The van der Waals surface area contributed by atoms with Crippen LogP contribution in [0.25, 0.3) is 17.1 Å². The number of amides is 1. The Balaban J connectivity index is 1.34. The number of benzene rings is 1. The van der Waals surface area contributed by atoms with Crippen molar-refractivity contribution in [2.75, 3.05) is 13.1 Å². The molecule has 37 heavy (non-hydrogen) atoms. The minimum absolute atomic E-state index is 0.0394. The zero-order valence-electron chi connectivity index (χ0n) is 21.0. The summed E-state index contributed by atoms with van der Waals surface area (Å²) in [7, 11) is 0. The number of carbonyl (C=O) groups excluding carboxylic acids is 1. The van der Waals surface area contributed by atoms with Gasteiger partial charge in [0.15, 0.2) is 5.82 Å². The topological polar surface area (TPSA) is 119 Å². The molecule has 194 valence electrons. The smallest absolute Gasteiger partial charge is 0.410 e. The number of hydrogen-bond acceptors (Lipinski definition) is 7. The van der Waals surface area contributed by atoms with Gasteiger partial charge in [-0.25, -0.2) is 13.7 Å². The third-order valence-corrected chi connectivity index (χ3v) is 6.89. The molecule has 10 nitrogen and oxygen atoms in total. The van der Waals surface area contributed by atoms with Crippen LogP contribution in [0.2, 0.25) is 0 Å². The van der Waals surface area contributed by atoms with Crippen LogP contribution in [-0.4, -0.2) is 54.4 Å². The van der Waals surface area contributed by atoms with Crippen LogP contribution in [0.3, 0.4) is 0 Å². The molecule has 1 aliphatic rings. The first-order valence-corrected chi connectivity index (χ1v) is 12.4. The lowest BCUT2D eigenvalue weighted by molar-refractivity contribution is 0.00740. The number of piperidine rings is 1. The van der Waals surface area contributed by atoms with Crippen LogP contribution in [0.1, 0.15) is 63.0 Å². The summed E-state index contributed by atoms with van der Waals surface area (Å²) in [5.74, 6) is 0.396. The first kappa shape index (κ1) is 24.7. The van der Waals surface area contributed by atoms with Gasteiger partial charge in [0.1, 0.15) is 22.6 Å². The maximum Gasteiger partial charge on any atom is 0.410 e. The molecule has 5 rings (SSSR count). The van der Waals surface area contributed by atoms with Crippen LogP contribution in [-0.2, 0) is 11.2 Å². The summed E-state index contributed by atoms with van der Waals surface area (Å²) in [5.41, 5.74) is 1.81. The van der Waals surface area contributed by atoms with Crippen LogP contribution in [0, 0.1) is 5.82 Å². The summed E-state index contributed by atoms with van der Waals surface area (Å²) in [6, 6.07) is 7.65. The van der Waals surface area contributed by atoms with Crippen LogP contribution in [0.15, 0.2) is 45.8 Å². The molecule has 0 radical (unpaired) electrons. The van der Waals surface area contributed by atoms with Crippen molar-refractivity contribution in [1.82, 2.24) is 29.6 Å². The average Bonchev–Trinajstić information content (AvgIpc) is 3.51. The maximum absolute atomic E-state index is 13.2. The minimum atomic E-state index is -0.508. The molecule has 4 aromatic rings. The molecule has 0 aliphatic carbocycles. The largest absolute Gasteiger partial charge is 0.443 e. The van der Waals surface area contributed by atoms with E-state index in [1.807, 2.05) is 20.8 Å². The predicted molar refractivity (Wildman–Crippen MR) is 133 cm³/mol. The van der Waals surface area contributed by atoms with Crippen molar-refractivity contribution in [2.24, 2.45) is 0 Å². The fraction of sp³-hybridized carbons (Fsp3) is 0.423. The van der Waals surface area contributed by atoms with Gasteiger partial charge in [0, 0.05) is 31.5 Å². The van der Waals surface area contributed by atoms with Gasteiger partial charge in [0.2, 0.25) is 0 Å². The van der Waals surface area contributed by atoms with E-state index in [0.29, 0.717) is 49.4 Å². The summed E-state index contributed by atoms with van der Waals surface area (Å²) < 4.78 is 26.0. The van der Waals surface area contributed by atoms with Gasteiger partial charge < -0.3 is 19.1 Å². The van der Waals surface area contributed by atoms with Gasteiger partial charge in [-0.2, -0.15) is 10.1 Å². The number of aromatic amines is 1. The number of fused-ring (bicyclic) bond motifs is 1. The number of H-pyrrole nitrogens is 1. The lowest BCUT2D eigenvalue weighted by atomic mass is 9.93. The quantitative estimate of drug-likeness (QED) is 0.412. The molecule has 1 amide bonds. The zero-order valence-corrected chi connectivity index (χ0v) is 21.0. The maximum atomic E-state index is 13.2. The van der Waals surface area contributed by atoms with Crippen molar-refractivity contribution in [3.05, 3.63) is 69.8 Å². The summed E-state index contributed by atoms with van der Waals surface area (Å²) >= 11 is 0. The Kier molecular flexibility index (Phi) is 6.53. The number of hydrogen-bond donors (Lipinski definition) is 1. The van der Waals surface area contributed by atoms with E-state index in [0.717, 1.165) is 17.7 Å². The van der Waals surface area contributed by atoms with Gasteiger partial charge in [-0.15, -0.1) is 0 Å². The molecule has 0 spiro atoms. The van der Waals surface area contributed by atoms with E-state index < -0.39 is 5.60 Å². The number of ether oxygens (including phenoxy) is 1. The Morgan fingerprint density at radius 2 is 1.97 bits per heavy atom. The number of halogens is 1. The van der Waals surface area contributed by atoms with Gasteiger partial charge in [-0.1, -0.05) is 24.2 Å². The average molecular weight is 509 g/mol. The molecule has 1 aromatic carbocycles. The standard InChI is InChI=1S/C26H29FN6O4/c1-4-26(2,3)36-25(35)32-11-9-17(10-12-32)20-14-22(34)30-23-19(15-28-33(20)23)24-29-21(31-37-24)13-16-5-7-18(27)8-6-16/h5-8,14-15,17H,4,9-13H2,1-3H3,(H,30,34). The highest BCUT2D eigenvalue weighted by atomic mass is 19.1. The minimum Gasteiger partial charge on any atom is -0.443 e. The molecule has 0 unspecified atom stereocenters. The number of carbonyl (C=O) groups is 1. The van der Waals surface area contributed by atoms with Crippen molar-refractivity contribution in [3.63, 3.8) is 0 Å². The summed E-state index contributed by atoms with van der Waals surface area (Å²) in [6.07, 6.45) is 3.74.